The van der Waals surface area contributed by atoms with Gasteiger partial charge in [-0.25, -0.2) is 14.3 Å². The largest absolute Gasteiger partial charge is 0.489 e. The Balaban J connectivity index is 1.31. The fourth-order valence-corrected chi connectivity index (χ4v) is 4.06. The molecule has 2 aromatic carbocycles. The number of hydrogen-bond acceptors (Lipinski definition) is 5. The number of aromatic nitrogens is 3. The summed E-state index contributed by atoms with van der Waals surface area (Å²) in [7, 11) is 0. The molecule has 152 valence electrons. The second-order valence-electron chi connectivity index (χ2n) is 6.90. The topological polar surface area (TPSA) is 69.1 Å². The lowest BCUT2D eigenvalue weighted by Gasteiger charge is -2.11. The molecule has 0 saturated carbocycles. The van der Waals surface area contributed by atoms with E-state index in [-0.39, 0.29) is 17.6 Å². The van der Waals surface area contributed by atoms with E-state index in [1.165, 1.54) is 23.9 Å². The van der Waals surface area contributed by atoms with Crippen molar-refractivity contribution in [2.45, 2.75) is 43.0 Å². The van der Waals surface area contributed by atoms with Crippen LogP contribution in [0.1, 0.15) is 24.0 Å². The van der Waals surface area contributed by atoms with Crippen LogP contribution in [-0.2, 0) is 23.6 Å². The van der Waals surface area contributed by atoms with Crippen LogP contribution in [0.2, 0.25) is 0 Å². The van der Waals surface area contributed by atoms with Gasteiger partial charge in [-0.2, -0.15) is 0 Å². The van der Waals surface area contributed by atoms with Crippen molar-refractivity contribution in [1.82, 2.24) is 14.8 Å². The predicted molar refractivity (Wildman–Crippen MR) is 109 cm³/mol. The van der Waals surface area contributed by atoms with Crippen LogP contribution in [-0.4, -0.2) is 27.5 Å². The minimum Gasteiger partial charge on any atom is -0.489 e. The van der Waals surface area contributed by atoms with Crippen molar-refractivity contribution in [1.29, 1.82) is 0 Å². The fourth-order valence-electron chi connectivity index (χ4n) is 3.14. The predicted octanol–water partition coefficient (Wildman–Crippen LogP) is 3.76. The van der Waals surface area contributed by atoms with E-state index in [0.717, 1.165) is 36.3 Å². The van der Waals surface area contributed by atoms with Gasteiger partial charge >= 0.3 is 5.69 Å². The van der Waals surface area contributed by atoms with Gasteiger partial charge in [-0.1, -0.05) is 36.0 Å². The van der Waals surface area contributed by atoms with E-state index in [4.69, 9.17) is 9.47 Å². The molecule has 0 spiro atoms. The zero-order chi connectivity index (χ0) is 20.1. The van der Waals surface area contributed by atoms with Crippen LogP contribution >= 0.6 is 11.8 Å². The van der Waals surface area contributed by atoms with Crippen LogP contribution in [0, 0.1) is 5.82 Å². The van der Waals surface area contributed by atoms with Crippen LogP contribution in [0.4, 0.5) is 4.39 Å². The Morgan fingerprint density at radius 3 is 2.66 bits per heavy atom. The zero-order valence-corrected chi connectivity index (χ0v) is 16.7. The van der Waals surface area contributed by atoms with Gasteiger partial charge in [0.1, 0.15) is 18.2 Å². The van der Waals surface area contributed by atoms with Crippen molar-refractivity contribution in [3.63, 3.8) is 0 Å². The summed E-state index contributed by atoms with van der Waals surface area (Å²) in [5, 5.41) is 7.34. The van der Waals surface area contributed by atoms with Gasteiger partial charge in [0.05, 0.1) is 12.6 Å². The van der Waals surface area contributed by atoms with E-state index in [1.807, 2.05) is 24.3 Å². The summed E-state index contributed by atoms with van der Waals surface area (Å²) in [6, 6.07) is 14.1. The van der Waals surface area contributed by atoms with Gasteiger partial charge in [-0.05, 0) is 48.2 Å². The molecule has 1 saturated heterocycles. The molecule has 2 heterocycles. The standard InChI is InChI=1S/C21H22FN3O3S/c22-17-7-3-15(4-8-17)13-28-18-9-5-16(6-10-18)14-29-21-24-23-20(26)25(21)12-19-2-1-11-27-19/h3-10,19H,1-2,11-14H2,(H,23,26). The Kier molecular flexibility index (Phi) is 6.31. The molecule has 1 aliphatic rings. The summed E-state index contributed by atoms with van der Waals surface area (Å²) in [5.41, 5.74) is 1.81. The molecular weight excluding hydrogens is 393 g/mol. The van der Waals surface area contributed by atoms with Gasteiger partial charge in [-0.3, -0.25) is 4.57 Å². The minimum absolute atomic E-state index is 0.0854. The molecule has 1 unspecified atom stereocenters. The first kappa shape index (κ1) is 19.7. The maximum Gasteiger partial charge on any atom is 0.344 e. The fraction of sp³-hybridized carbons (Fsp3) is 0.333. The van der Waals surface area contributed by atoms with Gasteiger partial charge in [0, 0.05) is 12.4 Å². The van der Waals surface area contributed by atoms with Crippen LogP contribution in [0.5, 0.6) is 5.75 Å². The average molecular weight is 415 g/mol. The molecule has 0 aliphatic carbocycles. The first-order chi connectivity index (χ1) is 14.2. The maximum absolute atomic E-state index is 12.9. The monoisotopic (exact) mass is 415 g/mol. The highest BCUT2D eigenvalue weighted by Crippen LogP contribution is 2.23. The summed E-state index contributed by atoms with van der Waals surface area (Å²) in [5.74, 6) is 1.18. The highest BCUT2D eigenvalue weighted by molar-refractivity contribution is 7.98. The molecule has 29 heavy (non-hydrogen) atoms. The molecule has 0 radical (unpaired) electrons. The van der Waals surface area contributed by atoms with E-state index >= 15 is 0 Å². The Morgan fingerprint density at radius 2 is 1.93 bits per heavy atom. The molecule has 3 aromatic rings. The third kappa shape index (κ3) is 5.27. The van der Waals surface area contributed by atoms with Crippen molar-refractivity contribution in [2.75, 3.05) is 6.61 Å². The van der Waals surface area contributed by atoms with Crippen molar-refractivity contribution in [3.8, 4) is 5.75 Å². The smallest absolute Gasteiger partial charge is 0.344 e. The number of halogens is 1. The first-order valence-electron chi connectivity index (χ1n) is 9.53. The third-order valence-corrected chi connectivity index (χ3v) is 5.79. The molecule has 8 heteroatoms. The van der Waals surface area contributed by atoms with E-state index in [1.54, 1.807) is 16.7 Å². The molecule has 1 atom stereocenters. The molecule has 1 aromatic heterocycles. The molecule has 1 N–H and O–H groups in total. The number of thioether (sulfide) groups is 1. The number of nitrogens with one attached hydrogen (secondary N) is 1. The molecular formula is C21H22FN3O3S. The Bertz CT molecular complexity index is 980. The van der Waals surface area contributed by atoms with Gasteiger partial charge in [0.2, 0.25) is 0 Å². The van der Waals surface area contributed by atoms with Crippen LogP contribution in [0.25, 0.3) is 0 Å². The Hall–Kier alpha value is -2.58. The quantitative estimate of drug-likeness (QED) is 0.568. The highest BCUT2D eigenvalue weighted by atomic mass is 32.2. The molecule has 1 aliphatic heterocycles. The maximum atomic E-state index is 12.9. The van der Waals surface area contributed by atoms with Gasteiger partial charge in [-0.15, -0.1) is 5.10 Å². The lowest BCUT2D eigenvalue weighted by molar-refractivity contribution is 0.0941. The molecule has 6 nitrogen and oxygen atoms in total. The van der Waals surface area contributed by atoms with Crippen molar-refractivity contribution in [2.24, 2.45) is 0 Å². The Labute approximate surface area is 172 Å². The summed E-state index contributed by atoms with van der Waals surface area (Å²) in [4.78, 5) is 12.0. The zero-order valence-electron chi connectivity index (χ0n) is 15.8. The van der Waals surface area contributed by atoms with Gasteiger partial charge in [0.15, 0.2) is 5.16 Å². The first-order valence-corrected chi connectivity index (χ1v) is 10.5. The number of benzene rings is 2. The van der Waals surface area contributed by atoms with E-state index in [0.29, 0.717) is 24.1 Å². The lowest BCUT2D eigenvalue weighted by atomic mass is 10.2. The number of nitrogens with zero attached hydrogens (tertiary/aromatic N) is 2. The number of ether oxygens (including phenoxy) is 2. The highest BCUT2D eigenvalue weighted by Gasteiger charge is 2.19. The summed E-state index contributed by atoms with van der Waals surface area (Å²) >= 11 is 1.51. The lowest BCUT2D eigenvalue weighted by Crippen LogP contribution is -2.24. The molecule has 0 amide bonds. The summed E-state index contributed by atoms with van der Waals surface area (Å²) in [6.07, 6.45) is 2.10. The van der Waals surface area contributed by atoms with Crippen LogP contribution < -0.4 is 10.4 Å². The third-order valence-electron chi connectivity index (χ3n) is 4.74. The minimum atomic E-state index is -0.256. The Morgan fingerprint density at radius 1 is 1.17 bits per heavy atom. The van der Waals surface area contributed by atoms with E-state index in [2.05, 4.69) is 10.2 Å². The number of H-pyrrole nitrogens is 1. The molecule has 4 rings (SSSR count). The SMILES string of the molecule is O=c1[nH]nc(SCc2ccc(OCc3ccc(F)cc3)cc2)n1CC1CCCO1. The van der Waals surface area contributed by atoms with Crippen molar-refractivity contribution in [3.05, 3.63) is 76.0 Å². The number of hydrogen-bond donors (Lipinski definition) is 1. The van der Waals surface area contributed by atoms with Crippen molar-refractivity contribution >= 4 is 11.8 Å². The van der Waals surface area contributed by atoms with Crippen LogP contribution in [0.3, 0.4) is 0 Å². The summed E-state index contributed by atoms with van der Waals surface area (Å²) in [6.45, 7) is 1.68. The molecule has 1 fully saturated rings. The van der Waals surface area contributed by atoms with E-state index < -0.39 is 0 Å². The van der Waals surface area contributed by atoms with E-state index in [9.17, 15) is 9.18 Å². The number of aromatic amines is 1. The van der Waals surface area contributed by atoms with Crippen LogP contribution in [0.15, 0.2) is 58.5 Å². The summed E-state index contributed by atoms with van der Waals surface area (Å²) < 4.78 is 26.0. The normalized spacial score (nSPS) is 16.2. The molecule has 0 bridgehead atoms. The van der Waals surface area contributed by atoms with Gasteiger partial charge < -0.3 is 9.47 Å². The van der Waals surface area contributed by atoms with Gasteiger partial charge in [0.25, 0.3) is 0 Å². The average Bonchev–Trinajstić information content (AvgIpc) is 3.38. The second kappa shape index (κ2) is 9.28. The number of rotatable bonds is 8. The second-order valence-corrected chi connectivity index (χ2v) is 7.85. The van der Waals surface area contributed by atoms with Crippen molar-refractivity contribution < 1.29 is 13.9 Å².